The molecule has 0 radical (unpaired) electrons. The average Bonchev–Trinajstić information content (AvgIpc) is 3.07. The quantitative estimate of drug-likeness (QED) is 0.624. The lowest BCUT2D eigenvalue weighted by Crippen LogP contribution is -2.42. The standard InChI is InChI=1S/C21H27Cl2N3O3/c1-21(2,3)29-20(27)25-9-6-15(7-10-25)13-26-11-8-17(24-26)14-28-19-5-4-16(22)12-18(19)23/h4-5,8,11-12,15H,6-7,9-10,13-14H2,1-3H3. The van der Waals surface area contributed by atoms with E-state index < -0.39 is 5.60 Å². The van der Waals surface area contributed by atoms with E-state index in [1.807, 2.05) is 37.7 Å². The molecule has 0 unspecified atom stereocenters. The van der Waals surface area contributed by atoms with Gasteiger partial charge in [-0.15, -0.1) is 0 Å². The third-order valence-corrected chi connectivity index (χ3v) is 5.21. The number of nitrogens with zero attached hydrogens (tertiary/aromatic N) is 3. The summed E-state index contributed by atoms with van der Waals surface area (Å²) in [5, 5.41) is 5.64. The van der Waals surface area contributed by atoms with Crippen LogP contribution in [-0.4, -0.2) is 39.5 Å². The minimum absolute atomic E-state index is 0.227. The van der Waals surface area contributed by atoms with E-state index in [4.69, 9.17) is 32.7 Å². The fraction of sp³-hybridized carbons (Fsp3) is 0.524. The second-order valence-electron chi connectivity index (χ2n) is 8.30. The van der Waals surface area contributed by atoms with Crippen LogP contribution in [-0.2, 0) is 17.9 Å². The van der Waals surface area contributed by atoms with Crippen molar-refractivity contribution in [3.8, 4) is 5.75 Å². The Labute approximate surface area is 181 Å². The molecule has 0 bridgehead atoms. The Bertz CT molecular complexity index is 840. The van der Waals surface area contributed by atoms with E-state index in [0.717, 1.165) is 25.1 Å². The predicted molar refractivity (Wildman–Crippen MR) is 114 cm³/mol. The number of ether oxygens (including phenoxy) is 2. The number of rotatable bonds is 5. The first kappa shape index (κ1) is 21.8. The fourth-order valence-corrected chi connectivity index (χ4v) is 3.68. The van der Waals surface area contributed by atoms with Gasteiger partial charge in [0, 0.05) is 30.9 Å². The molecule has 1 aromatic carbocycles. The first-order valence-electron chi connectivity index (χ1n) is 9.78. The molecule has 2 aromatic rings. The van der Waals surface area contributed by atoms with Crippen LogP contribution in [0.15, 0.2) is 30.5 Å². The van der Waals surface area contributed by atoms with Gasteiger partial charge in [0.25, 0.3) is 0 Å². The molecular weight excluding hydrogens is 413 g/mol. The zero-order valence-electron chi connectivity index (χ0n) is 17.0. The van der Waals surface area contributed by atoms with Gasteiger partial charge >= 0.3 is 6.09 Å². The second-order valence-corrected chi connectivity index (χ2v) is 9.15. The topological polar surface area (TPSA) is 56.6 Å². The molecule has 158 valence electrons. The highest BCUT2D eigenvalue weighted by molar-refractivity contribution is 6.35. The second kappa shape index (κ2) is 9.26. The lowest BCUT2D eigenvalue weighted by molar-refractivity contribution is 0.0177. The zero-order valence-corrected chi connectivity index (χ0v) is 18.5. The molecule has 1 aliphatic rings. The lowest BCUT2D eigenvalue weighted by Gasteiger charge is -2.33. The molecule has 2 heterocycles. The van der Waals surface area contributed by atoms with E-state index in [0.29, 0.717) is 41.4 Å². The Hall–Kier alpha value is -1.92. The molecule has 8 heteroatoms. The molecule has 1 aromatic heterocycles. The van der Waals surface area contributed by atoms with Crippen molar-refractivity contribution in [1.82, 2.24) is 14.7 Å². The number of benzene rings is 1. The van der Waals surface area contributed by atoms with Crippen LogP contribution in [0.3, 0.4) is 0 Å². The minimum Gasteiger partial charge on any atom is -0.486 e. The highest BCUT2D eigenvalue weighted by Gasteiger charge is 2.27. The van der Waals surface area contributed by atoms with Gasteiger partial charge in [0.15, 0.2) is 0 Å². The molecule has 1 aliphatic heterocycles. The molecule has 1 saturated heterocycles. The summed E-state index contributed by atoms with van der Waals surface area (Å²) in [4.78, 5) is 14.0. The van der Waals surface area contributed by atoms with Gasteiger partial charge in [-0.25, -0.2) is 4.79 Å². The Morgan fingerprint density at radius 2 is 1.93 bits per heavy atom. The molecular formula is C21H27Cl2N3O3. The van der Waals surface area contributed by atoms with Crippen LogP contribution < -0.4 is 4.74 Å². The molecule has 1 fully saturated rings. The number of halogens is 2. The van der Waals surface area contributed by atoms with Crippen molar-refractivity contribution in [2.45, 2.75) is 52.4 Å². The molecule has 29 heavy (non-hydrogen) atoms. The normalized spacial score (nSPS) is 15.4. The summed E-state index contributed by atoms with van der Waals surface area (Å²) in [6.07, 6.45) is 3.61. The van der Waals surface area contributed by atoms with Crippen LogP contribution in [0.5, 0.6) is 5.75 Å². The SMILES string of the molecule is CC(C)(C)OC(=O)N1CCC(Cn2ccc(COc3ccc(Cl)cc3Cl)n2)CC1. The smallest absolute Gasteiger partial charge is 0.410 e. The molecule has 0 N–H and O–H groups in total. The van der Waals surface area contributed by atoms with Gasteiger partial charge in [0.05, 0.1) is 10.7 Å². The van der Waals surface area contributed by atoms with Gasteiger partial charge in [-0.2, -0.15) is 5.10 Å². The van der Waals surface area contributed by atoms with Crippen molar-refractivity contribution in [3.63, 3.8) is 0 Å². The molecule has 6 nitrogen and oxygen atoms in total. The van der Waals surface area contributed by atoms with Crippen molar-refractivity contribution in [3.05, 3.63) is 46.2 Å². The van der Waals surface area contributed by atoms with E-state index in [-0.39, 0.29) is 6.09 Å². The van der Waals surface area contributed by atoms with Crippen molar-refractivity contribution < 1.29 is 14.3 Å². The van der Waals surface area contributed by atoms with Crippen LogP contribution in [0.25, 0.3) is 0 Å². The fourth-order valence-electron chi connectivity index (χ4n) is 3.22. The van der Waals surface area contributed by atoms with Crippen molar-refractivity contribution in [2.75, 3.05) is 13.1 Å². The number of amides is 1. The maximum absolute atomic E-state index is 12.2. The van der Waals surface area contributed by atoms with Crippen LogP contribution >= 0.6 is 23.2 Å². The summed E-state index contributed by atoms with van der Waals surface area (Å²) in [6, 6.07) is 7.09. The maximum Gasteiger partial charge on any atom is 0.410 e. The van der Waals surface area contributed by atoms with E-state index in [1.54, 1.807) is 23.1 Å². The predicted octanol–water partition coefficient (Wildman–Crippen LogP) is 5.42. The highest BCUT2D eigenvalue weighted by Crippen LogP contribution is 2.28. The minimum atomic E-state index is -0.461. The Balaban J connectivity index is 1.45. The molecule has 1 amide bonds. The van der Waals surface area contributed by atoms with E-state index >= 15 is 0 Å². The van der Waals surface area contributed by atoms with E-state index in [9.17, 15) is 4.79 Å². The van der Waals surface area contributed by atoms with Crippen LogP contribution in [0.1, 0.15) is 39.3 Å². The van der Waals surface area contributed by atoms with Crippen LogP contribution in [0, 0.1) is 5.92 Å². The van der Waals surface area contributed by atoms with Gasteiger partial charge in [-0.05, 0) is 63.8 Å². The van der Waals surface area contributed by atoms with Crippen molar-refractivity contribution >= 4 is 29.3 Å². The number of piperidine rings is 1. The number of aromatic nitrogens is 2. The van der Waals surface area contributed by atoms with Gasteiger partial charge in [0.2, 0.25) is 0 Å². The Kier molecular flexibility index (Phi) is 6.96. The van der Waals surface area contributed by atoms with Crippen molar-refractivity contribution in [1.29, 1.82) is 0 Å². The van der Waals surface area contributed by atoms with Crippen LogP contribution in [0.4, 0.5) is 4.79 Å². The molecule has 3 rings (SSSR count). The summed E-state index contributed by atoms with van der Waals surface area (Å²) in [6.45, 7) is 8.25. The summed E-state index contributed by atoms with van der Waals surface area (Å²) in [5.74, 6) is 1.06. The number of likely N-dealkylation sites (tertiary alicyclic amines) is 1. The first-order chi connectivity index (χ1) is 13.7. The van der Waals surface area contributed by atoms with Gasteiger partial charge < -0.3 is 14.4 Å². The summed E-state index contributed by atoms with van der Waals surface area (Å²) >= 11 is 12.0. The van der Waals surface area contributed by atoms with Gasteiger partial charge in [-0.3, -0.25) is 4.68 Å². The number of carbonyl (C=O) groups excluding carboxylic acids is 1. The Morgan fingerprint density at radius 1 is 1.21 bits per heavy atom. The van der Waals surface area contributed by atoms with Crippen LogP contribution in [0.2, 0.25) is 10.0 Å². The highest BCUT2D eigenvalue weighted by atomic mass is 35.5. The van der Waals surface area contributed by atoms with E-state index in [2.05, 4.69) is 5.10 Å². The zero-order chi connectivity index (χ0) is 21.0. The maximum atomic E-state index is 12.2. The Morgan fingerprint density at radius 3 is 2.59 bits per heavy atom. The monoisotopic (exact) mass is 439 g/mol. The first-order valence-corrected chi connectivity index (χ1v) is 10.5. The largest absolute Gasteiger partial charge is 0.486 e. The summed E-state index contributed by atoms with van der Waals surface area (Å²) in [5.41, 5.74) is 0.375. The number of carbonyl (C=O) groups is 1. The number of hydrogen-bond acceptors (Lipinski definition) is 4. The number of hydrogen-bond donors (Lipinski definition) is 0. The third-order valence-electron chi connectivity index (χ3n) is 4.68. The average molecular weight is 440 g/mol. The summed E-state index contributed by atoms with van der Waals surface area (Å²) < 4.78 is 13.1. The van der Waals surface area contributed by atoms with Gasteiger partial charge in [-0.1, -0.05) is 23.2 Å². The molecule has 0 aliphatic carbocycles. The third kappa shape index (κ3) is 6.54. The lowest BCUT2D eigenvalue weighted by atomic mass is 9.97. The molecule has 0 saturated carbocycles. The summed E-state index contributed by atoms with van der Waals surface area (Å²) in [7, 11) is 0. The van der Waals surface area contributed by atoms with Gasteiger partial charge in [0.1, 0.15) is 18.0 Å². The molecule has 0 atom stereocenters. The van der Waals surface area contributed by atoms with Crippen molar-refractivity contribution in [2.24, 2.45) is 5.92 Å². The molecule has 0 spiro atoms. The van der Waals surface area contributed by atoms with E-state index in [1.165, 1.54) is 0 Å².